The standard InChI is InChI=1S/C19H14Cl2F3N3O/c20-12-8-6-10(7-9-12)13-16(19(22,23)24)26-27-17(13)25-15(14(21)18(27)28)11-4-2-1-3-5-11/h1-9,13,16-17,25-26H. The Kier molecular flexibility index (Phi) is 4.77. The molecule has 2 aromatic carbocycles. The van der Waals surface area contributed by atoms with E-state index in [0.717, 1.165) is 5.01 Å². The van der Waals surface area contributed by atoms with Crippen molar-refractivity contribution in [1.82, 2.24) is 15.8 Å². The van der Waals surface area contributed by atoms with Crippen LogP contribution in [-0.2, 0) is 4.79 Å². The highest BCUT2D eigenvalue weighted by atomic mass is 35.5. The molecule has 9 heteroatoms. The maximum atomic E-state index is 13.8. The summed E-state index contributed by atoms with van der Waals surface area (Å²) >= 11 is 12.1. The first-order valence-electron chi connectivity index (χ1n) is 8.41. The van der Waals surface area contributed by atoms with Gasteiger partial charge in [-0.3, -0.25) is 4.79 Å². The van der Waals surface area contributed by atoms with Gasteiger partial charge in [-0.05, 0) is 23.3 Å². The van der Waals surface area contributed by atoms with Crippen LogP contribution in [0.4, 0.5) is 13.2 Å². The van der Waals surface area contributed by atoms with Gasteiger partial charge in [-0.25, -0.2) is 10.4 Å². The van der Waals surface area contributed by atoms with Gasteiger partial charge in [0.25, 0.3) is 5.91 Å². The van der Waals surface area contributed by atoms with E-state index in [1.165, 1.54) is 24.3 Å². The summed E-state index contributed by atoms with van der Waals surface area (Å²) in [5, 5.41) is 4.20. The molecule has 28 heavy (non-hydrogen) atoms. The van der Waals surface area contributed by atoms with Crippen LogP contribution in [0.25, 0.3) is 5.70 Å². The molecule has 4 nitrogen and oxygen atoms in total. The highest BCUT2D eigenvalue weighted by Crippen LogP contribution is 2.43. The topological polar surface area (TPSA) is 44.4 Å². The van der Waals surface area contributed by atoms with Crippen LogP contribution < -0.4 is 10.7 Å². The Labute approximate surface area is 168 Å². The molecular weight excluding hydrogens is 414 g/mol. The second-order valence-electron chi connectivity index (χ2n) is 6.55. The molecule has 3 unspecified atom stereocenters. The third-order valence-electron chi connectivity index (χ3n) is 4.84. The number of fused-ring (bicyclic) bond motifs is 1. The molecule has 3 atom stereocenters. The minimum atomic E-state index is -4.58. The van der Waals surface area contributed by atoms with Crippen LogP contribution in [0, 0.1) is 0 Å². The van der Waals surface area contributed by atoms with Gasteiger partial charge in [0.05, 0.1) is 11.6 Å². The number of hydrazine groups is 1. The van der Waals surface area contributed by atoms with Gasteiger partial charge in [0, 0.05) is 5.02 Å². The van der Waals surface area contributed by atoms with Crippen LogP contribution >= 0.6 is 23.2 Å². The average Bonchev–Trinajstić information content (AvgIpc) is 3.06. The van der Waals surface area contributed by atoms with E-state index in [9.17, 15) is 18.0 Å². The number of benzene rings is 2. The zero-order valence-electron chi connectivity index (χ0n) is 14.2. The monoisotopic (exact) mass is 427 g/mol. The summed E-state index contributed by atoms with van der Waals surface area (Å²) in [5.74, 6) is -1.81. The van der Waals surface area contributed by atoms with Gasteiger partial charge in [0.2, 0.25) is 0 Å². The number of hydrogen-bond acceptors (Lipinski definition) is 3. The summed E-state index contributed by atoms with van der Waals surface area (Å²) in [6.07, 6.45) is -5.55. The van der Waals surface area contributed by atoms with Gasteiger partial charge < -0.3 is 5.32 Å². The van der Waals surface area contributed by atoms with E-state index in [4.69, 9.17) is 23.2 Å². The molecule has 0 spiro atoms. The second-order valence-corrected chi connectivity index (χ2v) is 7.36. The third-order valence-corrected chi connectivity index (χ3v) is 5.45. The molecule has 2 aromatic rings. The molecule has 0 radical (unpaired) electrons. The molecule has 2 aliphatic heterocycles. The Morgan fingerprint density at radius 1 is 0.964 bits per heavy atom. The molecule has 0 aliphatic carbocycles. The van der Waals surface area contributed by atoms with Gasteiger partial charge in [-0.2, -0.15) is 13.2 Å². The Hall–Kier alpha value is -2.22. The summed E-state index contributed by atoms with van der Waals surface area (Å²) in [7, 11) is 0. The Balaban J connectivity index is 1.79. The average molecular weight is 428 g/mol. The van der Waals surface area contributed by atoms with E-state index < -0.39 is 30.2 Å². The van der Waals surface area contributed by atoms with Crippen LogP contribution in [0.5, 0.6) is 0 Å². The van der Waals surface area contributed by atoms with Gasteiger partial charge >= 0.3 is 6.18 Å². The van der Waals surface area contributed by atoms with Crippen LogP contribution in [0.2, 0.25) is 5.02 Å². The fraction of sp³-hybridized carbons (Fsp3) is 0.211. The number of rotatable bonds is 2. The summed E-state index contributed by atoms with van der Waals surface area (Å²) in [6, 6.07) is 12.9. The van der Waals surface area contributed by atoms with Crippen molar-refractivity contribution in [2.45, 2.75) is 24.3 Å². The van der Waals surface area contributed by atoms with Crippen LogP contribution in [0.1, 0.15) is 17.0 Å². The van der Waals surface area contributed by atoms with E-state index in [0.29, 0.717) is 21.8 Å². The molecule has 1 saturated heterocycles. The molecule has 0 bridgehead atoms. The van der Waals surface area contributed by atoms with Crippen molar-refractivity contribution in [3.05, 3.63) is 75.8 Å². The molecule has 0 saturated carbocycles. The quantitative estimate of drug-likeness (QED) is 0.753. The zero-order valence-corrected chi connectivity index (χ0v) is 15.7. The molecule has 1 amide bonds. The summed E-state index contributed by atoms with van der Waals surface area (Å²) in [4.78, 5) is 12.7. The van der Waals surface area contributed by atoms with Crippen LogP contribution in [0.3, 0.4) is 0 Å². The Bertz CT molecular complexity index is 932. The van der Waals surface area contributed by atoms with Crippen LogP contribution in [0.15, 0.2) is 59.6 Å². The van der Waals surface area contributed by atoms with Crippen molar-refractivity contribution in [1.29, 1.82) is 0 Å². The van der Waals surface area contributed by atoms with Crippen molar-refractivity contribution in [2.75, 3.05) is 0 Å². The van der Waals surface area contributed by atoms with Crippen molar-refractivity contribution >= 4 is 34.8 Å². The van der Waals surface area contributed by atoms with Crippen molar-refractivity contribution in [3.63, 3.8) is 0 Å². The number of halogens is 5. The molecule has 2 aliphatic rings. The first-order valence-corrected chi connectivity index (χ1v) is 9.16. The number of hydrogen-bond donors (Lipinski definition) is 2. The third kappa shape index (κ3) is 3.23. The first-order chi connectivity index (χ1) is 13.3. The first kappa shape index (κ1) is 19.1. The number of nitrogens with zero attached hydrogens (tertiary/aromatic N) is 1. The zero-order chi connectivity index (χ0) is 20.1. The summed E-state index contributed by atoms with van der Waals surface area (Å²) in [6.45, 7) is 0. The minimum Gasteiger partial charge on any atom is -0.362 e. The highest BCUT2D eigenvalue weighted by molar-refractivity contribution is 6.45. The lowest BCUT2D eigenvalue weighted by atomic mass is 9.89. The largest absolute Gasteiger partial charge is 0.406 e. The minimum absolute atomic E-state index is 0.173. The molecule has 0 aromatic heterocycles. The lowest BCUT2D eigenvalue weighted by Gasteiger charge is -2.34. The maximum Gasteiger partial charge on any atom is 0.406 e. The number of amides is 1. The molecule has 2 N–H and O–H groups in total. The number of nitrogens with one attached hydrogen (secondary N) is 2. The lowest BCUT2D eigenvalue weighted by Crippen LogP contribution is -2.54. The van der Waals surface area contributed by atoms with Crippen molar-refractivity contribution < 1.29 is 18.0 Å². The van der Waals surface area contributed by atoms with Crippen molar-refractivity contribution in [3.8, 4) is 0 Å². The smallest absolute Gasteiger partial charge is 0.362 e. The van der Waals surface area contributed by atoms with Gasteiger partial charge in [0.15, 0.2) is 0 Å². The summed E-state index contributed by atoms with van der Waals surface area (Å²) in [5.41, 5.74) is 3.61. The number of carbonyl (C=O) groups is 1. The molecule has 2 heterocycles. The molecular formula is C19H14Cl2F3N3O. The van der Waals surface area contributed by atoms with Gasteiger partial charge in [-0.15, -0.1) is 0 Å². The van der Waals surface area contributed by atoms with E-state index in [1.54, 1.807) is 30.3 Å². The Morgan fingerprint density at radius 2 is 1.61 bits per heavy atom. The van der Waals surface area contributed by atoms with E-state index >= 15 is 0 Å². The molecule has 146 valence electrons. The van der Waals surface area contributed by atoms with E-state index in [2.05, 4.69) is 10.7 Å². The summed E-state index contributed by atoms with van der Waals surface area (Å²) < 4.78 is 41.3. The maximum absolute atomic E-state index is 13.8. The van der Waals surface area contributed by atoms with E-state index in [1.807, 2.05) is 0 Å². The predicted octanol–water partition coefficient (Wildman–Crippen LogP) is 4.24. The highest BCUT2D eigenvalue weighted by Gasteiger charge is 2.57. The number of alkyl halides is 3. The molecule has 4 rings (SSSR count). The molecule has 1 fully saturated rings. The number of carbonyl (C=O) groups excluding carboxylic acids is 1. The predicted molar refractivity (Wildman–Crippen MR) is 100 cm³/mol. The SMILES string of the molecule is O=C1C(Cl)=C(c2ccccc2)NC2C(c3ccc(Cl)cc3)C(C(F)(F)F)NN12. The fourth-order valence-electron chi connectivity index (χ4n) is 3.57. The van der Waals surface area contributed by atoms with Gasteiger partial charge in [0.1, 0.15) is 17.2 Å². The van der Waals surface area contributed by atoms with Gasteiger partial charge in [-0.1, -0.05) is 65.7 Å². The lowest BCUT2D eigenvalue weighted by molar-refractivity contribution is -0.161. The Morgan fingerprint density at radius 3 is 2.21 bits per heavy atom. The fourth-order valence-corrected chi connectivity index (χ4v) is 3.95. The van der Waals surface area contributed by atoms with Crippen molar-refractivity contribution in [2.24, 2.45) is 0 Å². The second kappa shape index (κ2) is 6.99. The normalized spacial score (nSPS) is 25.0. The van der Waals surface area contributed by atoms with Crippen LogP contribution in [-0.4, -0.2) is 29.3 Å². The van der Waals surface area contributed by atoms with E-state index in [-0.39, 0.29) is 5.03 Å².